The van der Waals surface area contributed by atoms with Crippen molar-refractivity contribution in [2.45, 2.75) is 33.2 Å². The van der Waals surface area contributed by atoms with Crippen LogP contribution in [-0.4, -0.2) is 14.0 Å². The van der Waals surface area contributed by atoms with E-state index < -0.39 is 15.6 Å². The summed E-state index contributed by atoms with van der Waals surface area (Å²) in [5, 5.41) is 0. The smallest absolute Gasteiger partial charge is 0.207 e. The fraction of sp³-hybridized carbons (Fsp3) is 0.556. The molecule has 0 aromatic heterocycles. The standard InChI is InChI=1S/C9H17NO2S.H2S.H2/c1-7(2)8(3)13(11,12)10-9(4,5)6;;/h10H,1,3H2,2,4-6H3;1H2;1H. The molecule has 0 heterocycles. The summed E-state index contributed by atoms with van der Waals surface area (Å²) >= 11 is 0. The number of rotatable bonds is 3. The highest BCUT2D eigenvalue weighted by Crippen LogP contribution is 2.14. The van der Waals surface area contributed by atoms with Crippen LogP contribution < -0.4 is 4.72 Å². The largest absolute Gasteiger partial charge is 0.240 e. The third-order valence-electron chi connectivity index (χ3n) is 1.24. The summed E-state index contributed by atoms with van der Waals surface area (Å²) < 4.78 is 25.5. The Morgan fingerprint density at radius 1 is 1.29 bits per heavy atom. The van der Waals surface area contributed by atoms with Crippen LogP contribution in [0.1, 0.15) is 29.1 Å². The van der Waals surface area contributed by atoms with Crippen molar-refractivity contribution in [3.8, 4) is 0 Å². The van der Waals surface area contributed by atoms with Gasteiger partial charge in [0.2, 0.25) is 10.0 Å². The molecular weight excluding hydrogens is 218 g/mol. The van der Waals surface area contributed by atoms with Crippen LogP contribution in [-0.2, 0) is 10.0 Å². The maximum atomic E-state index is 11.5. The fourth-order valence-electron chi connectivity index (χ4n) is 0.694. The van der Waals surface area contributed by atoms with Crippen LogP contribution >= 0.6 is 13.5 Å². The predicted octanol–water partition coefficient (Wildman–Crippen LogP) is 2.15. The highest BCUT2D eigenvalue weighted by molar-refractivity contribution is 7.93. The molecule has 0 aliphatic carbocycles. The Hall–Kier alpha value is -0.260. The molecule has 0 spiro atoms. The van der Waals surface area contributed by atoms with Crippen molar-refractivity contribution in [2.24, 2.45) is 0 Å². The molecular formula is C9H21NO2S2. The molecule has 0 rings (SSSR count). The fourth-order valence-corrected chi connectivity index (χ4v) is 2.08. The van der Waals surface area contributed by atoms with Gasteiger partial charge in [-0.2, -0.15) is 13.5 Å². The van der Waals surface area contributed by atoms with E-state index in [1.807, 2.05) is 0 Å². The van der Waals surface area contributed by atoms with E-state index >= 15 is 0 Å². The first-order valence-electron chi connectivity index (χ1n) is 3.95. The van der Waals surface area contributed by atoms with E-state index in [9.17, 15) is 8.42 Å². The van der Waals surface area contributed by atoms with Crippen molar-refractivity contribution in [2.75, 3.05) is 0 Å². The molecule has 86 valence electrons. The van der Waals surface area contributed by atoms with E-state index in [1.54, 1.807) is 27.7 Å². The minimum Gasteiger partial charge on any atom is -0.207 e. The van der Waals surface area contributed by atoms with Gasteiger partial charge in [-0.25, -0.2) is 13.1 Å². The van der Waals surface area contributed by atoms with E-state index in [0.717, 1.165) is 0 Å². The molecule has 14 heavy (non-hydrogen) atoms. The van der Waals surface area contributed by atoms with Gasteiger partial charge in [0.15, 0.2) is 0 Å². The molecule has 0 bridgehead atoms. The van der Waals surface area contributed by atoms with Gasteiger partial charge in [-0.1, -0.05) is 13.2 Å². The summed E-state index contributed by atoms with van der Waals surface area (Å²) in [6.45, 7) is 13.9. The second-order valence-corrected chi connectivity index (χ2v) is 5.76. The average molecular weight is 239 g/mol. The van der Waals surface area contributed by atoms with E-state index in [1.165, 1.54) is 0 Å². The second kappa shape index (κ2) is 5.00. The van der Waals surface area contributed by atoms with Crippen LogP contribution in [0, 0.1) is 0 Å². The number of allylic oxidation sites excluding steroid dienone is 1. The molecule has 0 fully saturated rings. The summed E-state index contributed by atoms with van der Waals surface area (Å²) in [6.07, 6.45) is 0. The Balaban J connectivity index is -0.000000720. The molecule has 0 saturated heterocycles. The van der Waals surface area contributed by atoms with E-state index in [0.29, 0.717) is 5.57 Å². The molecule has 3 nitrogen and oxygen atoms in total. The molecule has 0 unspecified atom stereocenters. The minimum absolute atomic E-state index is 0. The van der Waals surface area contributed by atoms with Crippen molar-refractivity contribution >= 4 is 23.5 Å². The first kappa shape index (κ1) is 16.2. The molecule has 0 atom stereocenters. The summed E-state index contributed by atoms with van der Waals surface area (Å²) in [5.41, 5.74) is -0.0335. The van der Waals surface area contributed by atoms with Crippen LogP contribution in [0.3, 0.4) is 0 Å². The minimum atomic E-state index is -3.46. The van der Waals surface area contributed by atoms with Gasteiger partial charge in [0, 0.05) is 6.97 Å². The highest BCUT2D eigenvalue weighted by Gasteiger charge is 2.22. The van der Waals surface area contributed by atoms with Crippen molar-refractivity contribution in [3.63, 3.8) is 0 Å². The van der Waals surface area contributed by atoms with E-state index in [-0.39, 0.29) is 19.8 Å². The van der Waals surface area contributed by atoms with Gasteiger partial charge < -0.3 is 0 Å². The lowest BCUT2D eigenvalue weighted by Crippen LogP contribution is -2.41. The van der Waals surface area contributed by atoms with Crippen LogP contribution in [0.25, 0.3) is 0 Å². The lowest BCUT2D eigenvalue weighted by molar-refractivity contribution is 0.495. The Morgan fingerprint density at radius 3 is 1.86 bits per heavy atom. The lowest BCUT2D eigenvalue weighted by Gasteiger charge is -2.21. The zero-order valence-electron chi connectivity index (χ0n) is 9.14. The zero-order chi connectivity index (χ0) is 10.9. The summed E-state index contributed by atoms with van der Waals surface area (Å²) in [5.74, 6) is 0. The Morgan fingerprint density at radius 2 is 1.64 bits per heavy atom. The average Bonchev–Trinajstić information content (AvgIpc) is 1.80. The van der Waals surface area contributed by atoms with Crippen molar-refractivity contribution in [1.29, 1.82) is 0 Å². The van der Waals surface area contributed by atoms with Crippen molar-refractivity contribution < 1.29 is 9.84 Å². The molecule has 0 aliphatic rings. The van der Waals surface area contributed by atoms with E-state index in [2.05, 4.69) is 17.9 Å². The molecule has 0 aliphatic heterocycles. The van der Waals surface area contributed by atoms with Crippen LogP contribution in [0.5, 0.6) is 0 Å². The number of hydrogen-bond acceptors (Lipinski definition) is 2. The Labute approximate surface area is 95.3 Å². The quantitative estimate of drug-likeness (QED) is 0.767. The molecule has 0 aromatic carbocycles. The first-order chi connectivity index (χ1) is 5.56. The summed E-state index contributed by atoms with van der Waals surface area (Å²) in [7, 11) is -3.46. The van der Waals surface area contributed by atoms with Crippen LogP contribution in [0.15, 0.2) is 23.6 Å². The third-order valence-corrected chi connectivity index (χ3v) is 3.12. The van der Waals surface area contributed by atoms with Gasteiger partial charge in [0.05, 0.1) is 4.91 Å². The summed E-state index contributed by atoms with van der Waals surface area (Å²) in [6, 6.07) is 0. The van der Waals surface area contributed by atoms with Gasteiger partial charge in [0.25, 0.3) is 0 Å². The van der Waals surface area contributed by atoms with Gasteiger partial charge in [-0.3, -0.25) is 0 Å². The number of hydrogen-bond donors (Lipinski definition) is 1. The lowest BCUT2D eigenvalue weighted by atomic mass is 10.1. The molecule has 0 saturated carbocycles. The predicted molar refractivity (Wildman–Crippen MR) is 68.3 cm³/mol. The SMILES string of the molecule is C=C(C)C(=C)S(=O)(=O)NC(C)(C)C.S.[HH]. The number of sulfonamides is 1. The first-order valence-corrected chi connectivity index (χ1v) is 5.43. The topological polar surface area (TPSA) is 46.2 Å². The maximum Gasteiger partial charge on any atom is 0.240 e. The van der Waals surface area contributed by atoms with Gasteiger partial charge in [-0.05, 0) is 33.3 Å². The van der Waals surface area contributed by atoms with Gasteiger partial charge in [0.1, 0.15) is 0 Å². The zero-order valence-corrected chi connectivity index (χ0v) is 11.0. The van der Waals surface area contributed by atoms with E-state index in [4.69, 9.17) is 0 Å². The Bertz CT molecular complexity index is 329. The maximum absolute atomic E-state index is 11.5. The summed E-state index contributed by atoms with van der Waals surface area (Å²) in [4.78, 5) is 0.0439. The third kappa shape index (κ3) is 5.47. The number of nitrogens with one attached hydrogen (secondary N) is 1. The van der Waals surface area contributed by atoms with Crippen molar-refractivity contribution in [1.82, 2.24) is 4.72 Å². The molecule has 5 heteroatoms. The molecule has 0 amide bonds. The highest BCUT2D eigenvalue weighted by atomic mass is 32.2. The Kier molecular flexibility index (Phi) is 5.78. The van der Waals surface area contributed by atoms with Gasteiger partial charge in [-0.15, -0.1) is 0 Å². The van der Waals surface area contributed by atoms with Gasteiger partial charge >= 0.3 is 0 Å². The molecule has 0 radical (unpaired) electrons. The van der Waals surface area contributed by atoms with Crippen LogP contribution in [0.2, 0.25) is 0 Å². The monoisotopic (exact) mass is 239 g/mol. The molecule has 0 aromatic rings. The van der Waals surface area contributed by atoms with Crippen molar-refractivity contribution in [3.05, 3.63) is 23.6 Å². The molecule has 1 N–H and O–H groups in total. The second-order valence-electron chi connectivity index (χ2n) is 4.06. The van der Waals surface area contributed by atoms with Crippen LogP contribution in [0.4, 0.5) is 0 Å². The normalized spacial score (nSPS) is 11.7.